The zero-order chi connectivity index (χ0) is 13.3. The van der Waals surface area contributed by atoms with E-state index in [1.807, 2.05) is 24.5 Å². The number of nitrogens with zero attached hydrogens (tertiary/aromatic N) is 1. The van der Waals surface area contributed by atoms with E-state index in [-0.39, 0.29) is 12.5 Å². The predicted octanol–water partition coefficient (Wildman–Crippen LogP) is 2.25. The minimum absolute atomic E-state index is 0.113. The summed E-state index contributed by atoms with van der Waals surface area (Å²) in [5.41, 5.74) is 2.33. The van der Waals surface area contributed by atoms with Gasteiger partial charge in [0.1, 0.15) is 0 Å². The molecule has 1 saturated heterocycles. The minimum atomic E-state index is -0.230. The van der Waals surface area contributed by atoms with Crippen molar-refractivity contribution in [3.8, 4) is 5.69 Å². The third-order valence-electron chi connectivity index (χ3n) is 3.32. The second-order valence-corrected chi connectivity index (χ2v) is 5.80. The summed E-state index contributed by atoms with van der Waals surface area (Å²) in [6, 6.07) is 12.3. The fraction of sp³-hybridized carbons (Fsp3) is 0.333. The van der Waals surface area contributed by atoms with Crippen LogP contribution in [0.15, 0.2) is 48.8 Å². The zero-order valence-corrected chi connectivity index (χ0v) is 11.4. The summed E-state index contributed by atoms with van der Waals surface area (Å²) in [4.78, 5) is 0. The molecule has 98 valence electrons. The SMILES string of the molecule is CC1(C)COB(c2ccc(-n3cccc3)cc2)OC1. The highest BCUT2D eigenvalue weighted by Gasteiger charge is 2.33. The van der Waals surface area contributed by atoms with E-state index < -0.39 is 0 Å². The molecule has 3 nitrogen and oxygen atoms in total. The molecule has 0 bridgehead atoms. The number of aromatic nitrogens is 1. The zero-order valence-electron chi connectivity index (χ0n) is 11.4. The molecule has 19 heavy (non-hydrogen) atoms. The van der Waals surface area contributed by atoms with Gasteiger partial charge in [-0.3, -0.25) is 0 Å². The van der Waals surface area contributed by atoms with E-state index in [9.17, 15) is 0 Å². The van der Waals surface area contributed by atoms with Crippen molar-refractivity contribution in [2.75, 3.05) is 13.2 Å². The standard InChI is InChI=1S/C15H18BNO2/c1-15(2)11-18-16(19-12-15)13-5-7-14(8-6-13)17-9-3-4-10-17/h3-10H,11-12H2,1-2H3. The monoisotopic (exact) mass is 255 g/mol. The summed E-state index contributed by atoms with van der Waals surface area (Å²) in [6.07, 6.45) is 4.07. The van der Waals surface area contributed by atoms with Gasteiger partial charge in [-0.05, 0) is 29.7 Å². The Hall–Kier alpha value is -1.52. The lowest BCUT2D eigenvalue weighted by Crippen LogP contribution is -2.47. The van der Waals surface area contributed by atoms with Gasteiger partial charge in [0, 0.05) is 36.7 Å². The topological polar surface area (TPSA) is 23.4 Å². The highest BCUT2D eigenvalue weighted by atomic mass is 16.6. The summed E-state index contributed by atoms with van der Waals surface area (Å²) in [5.74, 6) is 0. The van der Waals surface area contributed by atoms with Crippen molar-refractivity contribution in [1.82, 2.24) is 4.57 Å². The van der Waals surface area contributed by atoms with Crippen molar-refractivity contribution < 1.29 is 9.31 Å². The van der Waals surface area contributed by atoms with Gasteiger partial charge in [-0.1, -0.05) is 26.0 Å². The maximum atomic E-state index is 5.78. The van der Waals surface area contributed by atoms with Crippen LogP contribution in [0.1, 0.15) is 13.8 Å². The maximum Gasteiger partial charge on any atom is 0.493 e. The van der Waals surface area contributed by atoms with Crippen molar-refractivity contribution in [2.45, 2.75) is 13.8 Å². The van der Waals surface area contributed by atoms with Crippen LogP contribution in [-0.2, 0) is 9.31 Å². The first-order chi connectivity index (χ1) is 9.14. The Labute approximate surface area is 114 Å². The van der Waals surface area contributed by atoms with Gasteiger partial charge in [0.25, 0.3) is 0 Å². The normalized spacial score (nSPS) is 18.5. The van der Waals surface area contributed by atoms with Crippen LogP contribution in [0.5, 0.6) is 0 Å². The molecule has 1 aromatic heterocycles. The second kappa shape index (κ2) is 4.87. The van der Waals surface area contributed by atoms with E-state index in [2.05, 4.69) is 42.7 Å². The summed E-state index contributed by atoms with van der Waals surface area (Å²) in [6.45, 7) is 5.77. The van der Waals surface area contributed by atoms with Crippen LogP contribution in [0.2, 0.25) is 0 Å². The molecule has 0 spiro atoms. The summed E-state index contributed by atoms with van der Waals surface area (Å²) < 4.78 is 13.6. The first-order valence-electron chi connectivity index (χ1n) is 6.61. The van der Waals surface area contributed by atoms with Gasteiger partial charge in [0.15, 0.2) is 0 Å². The van der Waals surface area contributed by atoms with E-state index >= 15 is 0 Å². The average molecular weight is 255 g/mol. The van der Waals surface area contributed by atoms with Gasteiger partial charge in [0.2, 0.25) is 0 Å². The number of hydrogen-bond donors (Lipinski definition) is 0. The van der Waals surface area contributed by atoms with Crippen molar-refractivity contribution in [3.05, 3.63) is 48.8 Å². The molecule has 1 aromatic carbocycles. The van der Waals surface area contributed by atoms with E-state index in [4.69, 9.17) is 9.31 Å². The van der Waals surface area contributed by atoms with Crippen molar-refractivity contribution in [3.63, 3.8) is 0 Å². The fourth-order valence-corrected chi connectivity index (χ4v) is 2.20. The molecular weight excluding hydrogens is 237 g/mol. The van der Waals surface area contributed by atoms with Crippen molar-refractivity contribution in [2.24, 2.45) is 5.41 Å². The highest BCUT2D eigenvalue weighted by Crippen LogP contribution is 2.21. The van der Waals surface area contributed by atoms with E-state index in [0.29, 0.717) is 0 Å². The fourth-order valence-electron chi connectivity index (χ4n) is 2.20. The number of hydrogen-bond acceptors (Lipinski definition) is 2. The Morgan fingerprint density at radius 1 is 1.00 bits per heavy atom. The maximum absolute atomic E-state index is 5.78. The van der Waals surface area contributed by atoms with E-state index in [1.165, 1.54) is 0 Å². The molecule has 0 atom stereocenters. The highest BCUT2D eigenvalue weighted by molar-refractivity contribution is 6.61. The lowest BCUT2D eigenvalue weighted by Gasteiger charge is -2.33. The van der Waals surface area contributed by atoms with Crippen LogP contribution in [0.25, 0.3) is 5.69 Å². The summed E-state index contributed by atoms with van der Waals surface area (Å²) in [5, 5.41) is 0. The largest absolute Gasteiger partial charge is 0.493 e. The molecular formula is C15H18BNO2. The molecule has 1 aliphatic heterocycles. The van der Waals surface area contributed by atoms with Gasteiger partial charge >= 0.3 is 7.12 Å². The minimum Gasteiger partial charge on any atom is -0.407 e. The Balaban J connectivity index is 1.73. The molecule has 0 unspecified atom stereocenters. The predicted molar refractivity (Wildman–Crippen MR) is 76.8 cm³/mol. The Morgan fingerprint density at radius 2 is 1.58 bits per heavy atom. The van der Waals surface area contributed by atoms with Crippen molar-refractivity contribution >= 4 is 12.6 Å². The van der Waals surface area contributed by atoms with Gasteiger partial charge in [0.05, 0.1) is 0 Å². The van der Waals surface area contributed by atoms with Gasteiger partial charge in [-0.25, -0.2) is 0 Å². The van der Waals surface area contributed by atoms with Gasteiger partial charge in [-0.2, -0.15) is 0 Å². The first kappa shape index (κ1) is 12.5. The molecule has 0 saturated carbocycles. The molecule has 3 rings (SSSR count). The molecule has 0 radical (unpaired) electrons. The molecule has 4 heteroatoms. The Bertz CT molecular complexity index is 524. The third-order valence-corrected chi connectivity index (χ3v) is 3.32. The van der Waals surface area contributed by atoms with Crippen molar-refractivity contribution in [1.29, 1.82) is 0 Å². The molecule has 1 aliphatic rings. The molecule has 0 amide bonds. The van der Waals surface area contributed by atoms with Gasteiger partial charge in [-0.15, -0.1) is 0 Å². The molecule has 0 N–H and O–H groups in total. The Kier molecular flexibility index (Phi) is 3.21. The molecule has 0 aliphatic carbocycles. The summed E-state index contributed by atoms with van der Waals surface area (Å²) in [7, 11) is -0.230. The van der Waals surface area contributed by atoms with E-state index in [1.54, 1.807) is 0 Å². The van der Waals surface area contributed by atoms with Gasteiger partial charge < -0.3 is 13.9 Å². The lowest BCUT2D eigenvalue weighted by molar-refractivity contribution is 0.0343. The molecule has 2 heterocycles. The second-order valence-electron chi connectivity index (χ2n) is 5.80. The van der Waals surface area contributed by atoms with Crippen LogP contribution in [0.3, 0.4) is 0 Å². The lowest BCUT2D eigenvalue weighted by atomic mass is 9.76. The van der Waals surface area contributed by atoms with Crippen LogP contribution in [0, 0.1) is 5.41 Å². The quantitative estimate of drug-likeness (QED) is 0.768. The van der Waals surface area contributed by atoms with E-state index in [0.717, 1.165) is 24.4 Å². The smallest absolute Gasteiger partial charge is 0.407 e. The number of benzene rings is 1. The molecule has 1 fully saturated rings. The molecule has 2 aromatic rings. The average Bonchev–Trinajstić information content (AvgIpc) is 2.93. The van der Waals surface area contributed by atoms with Crippen LogP contribution < -0.4 is 5.46 Å². The Morgan fingerprint density at radius 3 is 2.16 bits per heavy atom. The van der Waals surface area contributed by atoms with Crippen LogP contribution in [-0.4, -0.2) is 24.9 Å². The third kappa shape index (κ3) is 2.75. The summed E-state index contributed by atoms with van der Waals surface area (Å²) >= 11 is 0. The van der Waals surface area contributed by atoms with Crippen LogP contribution >= 0.6 is 0 Å². The van der Waals surface area contributed by atoms with Crippen LogP contribution in [0.4, 0.5) is 0 Å². The first-order valence-corrected chi connectivity index (χ1v) is 6.61. The number of rotatable bonds is 2.